The minimum absolute atomic E-state index is 0.0844. The van der Waals surface area contributed by atoms with Gasteiger partial charge in [0, 0.05) is 36.1 Å². The number of aromatic nitrogens is 1. The Bertz CT molecular complexity index is 905. The van der Waals surface area contributed by atoms with E-state index in [0.29, 0.717) is 6.42 Å². The minimum atomic E-state index is -0.664. The molecule has 7 nitrogen and oxygen atoms in total. The first kappa shape index (κ1) is 17.5. The number of carbonyl (C=O) groups is 3. The fourth-order valence-corrected chi connectivity index (χ4v) is 3.38. The monoisotopic (exact) mass is 372 g/mol. The van der Waals surface area contributed by atoms with Crippen molar-refractivity contribution < 1.29 is 18.8 Å². The fourth-order valence-electron chi connectivity index (χ4n) is 3.38. The second-order valence-electron chi connectivity index (χ2n) is 7.13. The zero-order valence-corrected chi connectivity index (χ0v) is 14.8. The van der Waals surface area contributed by atoms with Crippen molar-refractivity contribution in [1.29, 1.82) is 0 Å². The van der Waals surface area contributed by atoms with Crippen molar-refractivity contribution in [3.8, 4) is 0 Å². The molecule has 2 heterocycles. The average Bonchev–Trinajstić information content (AvgIpc) is 3.30. The van der Waals surface area contributed by atoms with Crippen LogP contribution in [0.1, 0.15) is 31.2 Å². The predicted octanol–water partition coefficient (Wildman–Crippen LogP) is 1.83. The standard InChI is InChI=1S/C19H21FN4O3/c20-12-1-4-15-14(9-12)11(10-21-15)7-8-24-18(26)16(23-19(24)27)5-6-17(25)22-13-2-3-13/h1,4,9-10,13,16,21H,2-3,5-8H2,(H,22,25)(H,23,27)/t16-/m1/s1. The molecular weight excluding hydrogens is 351 g/mol. The van der Waals surface area contributed by atoms with Crippen molar-refractivity contribution in [3.05, 3.63) is 35.8 Å². The SMILES string of the molecule is O=C(CC[C@H]1NC(=O)N(CCc2c[nH]c3ccc(F)cc23)C1=O)NC1CC1. The Balaban J connectivity index is 1.34. The molecular formula is C19H21FN4O3. The molecule has 27 heavy (non-hydrogen) atoms. The summed E-state index contributed by atoms with van der Waals surface area (Å²) in [4.78, 5) is 40.6. The lowest BCUT2D eigenvalue weighted by molar-refractivity contribution is -0.127. The molecule has 0 radical (unpaired) electrons. The van der Waals surface area contributed by atoms with Gasteiger partial charge < -0.3 is 15.6 Å². The van der Waals surface area contributed by atoms with Gasteiger partial charge in [0.2, 0.25) is 5.91 Å². The number of H-pyrrole nitrogens is 1. The van der Waals surface area contributed by atoms with E-state index in [2.05, 4.69) is 15.6 Å². The van der Waals surface area contributed by atoms with Crippen LogP contribution in [0.25, 0.3) is 10.9 Å². The highest BCUT2D eigenvalue weighted by molar-refractivity contribution is 6.04. The van der Waals surface area contributed by atoms with E-state index >= 15 is 0 Å². The molecule has 1 aliphatic carbocycles. The number of halogens is 1. The normalized spacial score (nSPS) is 19.6. The number of hydrogen-bond donors (Lipinski definition) is 3. The Hall–Kier alpha value is -2.90. The number of urea groups is 1. The molecule has 4 rings (SSSR count). The Labute approximate surface area is 155 Å². The first-order valence-corrected chi connectivity index (χ1v) is 9.18. The first-order valence-electron chi connectivity index (χ1n) is 9.18. The molecule has 0 bridgehead atoms. The maximum Gasteiger partial charge on any atom is 0.324 e. The third kappa shape index (κ3) is 3.79. The van der Waals surface area contributed by atoms with Crippen LogP contribution >= 0.6 is 0 Å². The number of amides is 4. The molecule has 1 saturated carbocycles. The Morgan fingerprint density at radius 1 is 1.30 bits per heavy atom. The summed E-state index contributed by atoms with van der Waals surface area (Å²) in [6.07, 6.45) is 4.72. The van der Waals surface area contributed by atoms with Crippen molar-refractivity contribution in [2.24, 2.45) is 0 Å². The van der Waals surface area contributed by atoms with Gasteiger partial charge in [-0.3, -0.25) is 14.5 Å². The maximum absolute atomic E-state index is 13.5. The van der Waals surface area contributed by atoms with Crippen molar-refractivity contribution >= 4 is 28.7 Å². The number of benzene rings is 1. The predicted molar refractivity (Wildman–Crippen MR) is 96.4 cm³/mol. The van der Waals surface area contributed by atoms with Crippen LogP contribution in [0.3, 0.4) is 0 Å². The van der Waals surface area contributed by atoms with E-state index in [0.717, 1.165) is 29.3 Å². The van der Waals surface area contributed by atoms with Crippen LogP contribution in [0, 0.1) is 5.82 Å². The van der Waals surface area contributed by atoms with Gasteiger partial charge in [0.05, 0.1) is 0 Å². The van der Waals surface area contributed by atoms with Crippen LogP contribution in [-0.4, -0.2) is 46.4 Å². The van der Waals surface area contributed by atoms with E-state index in [1.165, 1.54) is 17.0 Å². The number of rotatable bonds is 7. The summed E-state index contributed by atoms with van der Waals surface area (Å²) in [6, 6.07) is 3.65. The maximum atomic E-state index is 13.5. The molecule has 1 atom stereocenters. The van der Waals surface area contributed by atoms with Gasteiger partial charge in [-0.05, 0) is 49.4 Å². The molecule has 4 amide bonds. The summed E-state index contributed by atoms with van der Waals surface area (Å²) in [5.41, 5.74) is 1.65. The zero-order chi connectivity index (χ0) is 19.0. The van der Waals surface area contributed by atoms with Crippen LogP contribution in [0.5, 0.6) is 0 Å². The molecule has 2 aliphatic rings. The first-order chi connectivity index (χ1) is 13.0. The van der Waals surface area contributed by atoms with Gasteiger partial charge in [0.15, 0.2) is 0 Å². The van der Waals surface area contributed by atoms with Crippen molar-refractivity contribution in [2.45, 2.75) is 44.2 Å². The molecule has 1 saturated heterocycles. The summed E-state index contributed by atoms with van der Waals surface area (Å²) in [7, 11) is 0. The van der Waals surface area contributed by atoms with E-state index in [-0.39, 0.29) is 43.1 Å². The van der Waals surface area contributed by atoms with Gasteiger partial charge in [0.1, 0.15) is 11.9 Å². The topological polar surface area (TPSA) is 94.3 Å². The van der Waals surface area contributed by atoms with E-state index in [1.807, 2.05) is 0 Å². The third-order valence-electron chi connectivity index (χ3n) is 5.04. The Morgan fingerprint density at radius 2 is 2.11 bits per heavy atom. The van der Waals surface area contributed by atoms with E-state index in [4.69, 9.17) is 0 Å². The number of hydrogen-bond acceptors (Lipinski definition) is 3. The Kier molecular flexibility index (Phi) is 4.55. The van der Waals surface area contributed by atoms with Crippen LogP contribution in [0.15, 0.2) is 24.4 Å². The van der Waals surface area contributed by atoms with Gasteiger partial charge in [-0.25, -0.2) is 9.18 Å². The molecule has 8 heteroatoms. The van der Waals surface area contributed by atoms with E-state index in [1.54, 1.807) is 12.3 Å². The third-order valence-corrected chi connectivity index (χ3v) is 5.04. The zero-order valence-electron chi connectivity index (χ0n) is 14.8. The summed E-state index contributed by atoms with van der Waals surface area (Å²) < 4.78 is 13.5. The van der Waals surface area contributed by atoms with Gasteiger partial charge in [-0.1, -0.05) is 0 Å². The van der Waals surface area contributed by atoms with Crippen molar-refractivity contribution in [2.75, 3.05) is 6.54 Å². The second-order valence-corrected chi connectivity index (χ2v) is 7.13. The van der Waals surface area contributed by atoms with E-state index < -0.39 is 12.1 Å². The molecule has 1 aromatic heterocycles. The fraction of sp³-hybridized carbons (Fsp3) is 0.421. The molecule has 0 spiro atoms. The lowest BCUT2D eigenvalue weighted by Crippen LogP contribution is -2.34. The van der Waals surface area contributed by atoms with E-state index in [9.17, 15) is 18.8 Å². The second kappa shape index (κ2) is 7.02. The lowest BCUT2D eigenvalue weighted by Gasteiger charge is -2.12. The van der Waals surface area contributed by atoms with Crippen LogP contribution in [0.2, 0.25) is 0 Å². The number of nitrogens with zero attached hydrogens (tertiary/aromatic N) is 1. The summed E-state index contributed by atoms with van der Waals surface area (Å²) in [5, 5.41) is 6.26. The molecule has 2 fully saturated rings. The van der Waals surface area contributed by atoms with Gasteiger partial charge in [-0.2, -0.15) is 0 Å². The van der Waals surface area contributed by atoms with Crippen LogP contribution in [-0.2, 0) is 16.0 Å². The summed E-state index contributed by atoms with van der Waals surface area (Å²) in [5.74, 6) is -0.730. The quantitative estimate of drug-likeness (QED) is 0.647. The largest absolute Gasteiger partial charge is 0.361 e. The minimum Gasteiger partial charge on any atom is -0.361 e. The number of fused-ring (bicyclic) bond motifs is 1. The lowest BCUT2D eigenvalue weighted by atomic mass is 10.1. The number of aromatic amines is 1. The highest BCUT2D eigenvalue weighted by Crippen LogP contribution is 2.21. The smallest absolute Gasteiger partial charge is 0.324 e. The van der Waals surface area contributed by atoms with Crippen LogP contribution < -0.4 is 10.6 Å². The van der Waals surface area contributed by atoms with Gasteiger partial charge in [-0.15, -0.1) is 0 Å². The molecule has 142 valence electrons. The molecule has 2 aromatic rings. The van der Waals surface area contributed by atoms with Gasteiger partial charge >= 0.3 is 6.03 Å². The molecule has 3 N–H and O–H groups in total. The highest BCUT2D eigenvalue weighted by Gasteiger charge is 2.37. The average molecular weight is 372 g/mol. The van der Waals surface area contributed by atoms with Gasteiger partial charge in [0.25, 0.3) is 5.91 Å². The van der Waals surface area contributed by atoms with Crippen molar-refractivity contribution in [1.82, 2.24) is 20.5 Å². The van der Waals surface area contributed by atoms with Crippen molar-refractivity contribution in [3.63, 3.8) is 0 Å². The molecule has 1 aliphatic heterocycles. The summed E-state index contributed by atoms with van der Waals surface area (Å²) in [6.45, 7) is 0.207. The number of nitrogens with one attached hydrogen (secondary N) is 3. The number of carbonyl (C=O) groups excluding carboxylic acids is 3. The molecule has 0 unspecified atom stereocenters. The highest BCUT2D eigenvalue weighted by atomic mass is 19.1. The molecule has 1 aromatic carbocycles. The summed E-state index contributed by atoms with van der Waals surface area (Å²) >= 11 is 0. The van der Waals surface area contributed by atoms with Crippen LogP contribution in [0.4, 0.5) is 9.18 Å². The number of imide groups is 1. The Morgan fingerprint density at radius 3 is 2.89 bits per heavy atom.